The fourth-order valence-corrected chi connectivity index (χ4v) is 7.73. The second kappa shape index (κ2) is 38.3. The number of carbonyl (C=O) groups excluding carboxylic acids is 1. The molecular weight excluding hydrogens is 599 g/mol. The van der Waals surface area contributed by atoms with Gasteiger partial charge in [0.2, 0.25) is 12.1 Å². The van der Waals surface area contributed by atoms with E-state index < -0.39 is 0 Å². The molecule has 1 atom stereocenters. The van der Waals surface area contributed by atoms with Gasteiger partial charge in [0.05, 0.1) is 13.1 Å². The average Bonchev–Trinajstić information content (AvgIpc) is 3.56. The van der Waals surface area contributed by atoms with Gasteiger partial charge in [0.15, 0.2) is 12.8 Å². The van der Waals surface area contributed by atoms with Crippen LogP contribution in [0, 0.1) is 0 Å². The van der Waals surface area contributed by atoms with Crippen LogP contribution in [0.5, 0.6) is 0 Å². The molecule has 1 unspecified atom stereocenters. The van der Waals surface area contributed by atoms with Gasteiger partial charge in [0.25, 0.3) is 0 Å². The van der Waals surface area contributed by atoms with Crippen LogP contribution < -0.4 is 10.6 Å². The van der Waals surface area contributed by atoms with Gasteiger partial charge in [-0.05, 0) is 12.8 Å². The van der Waals surface area contributed by atoms with Crippen molar-refractivity contribution in [3.8, 4) is 0 Å². The standard InChI is InChI=1S/C45H89N3O/c1-3-5-7-9-11-13-15-17-19-21-23-24-26-28-30-32-34-36-38-44-46-40-42-48(44)43-41-47-45(49)39-37-35-33-31-29-27-25-22-20-18-16-14-12-10-8-6-4-2/h42,44,46H,3-41,43H2,1-2H3/p+1. The Morgan fingerprint density at radius 1 is 0.510 bits per heavy atom. The Bertz CT molecular complexity index is 707. The minimum Gasteiger partial charge on any atom is -0.350 e. The third-order valence-corrected chi connectivity index (χ3v) is 11.1. The molecule has 290 valence electrons. The summed E-state index contributed by atoms with van der Waals surface area (Å²) >= 11 is 0. The molecule has 0 aromatic carbocycles. The molecule has 1 aliphatic heterocycles. The summed E-state index contributed by atoms with van der Waals surface area (Å²) in [7, 11) is 0. The summed E-state index contributed by atoms with van der Waals surface area (Å²) in [5.41, 5.74) is 0. The van der Waals surface area contributed by atoms with E-state index in [0.29, 0.717) is 12.6 Å². The molecule has 49 heavy (non-hydrogen) atoms. The van der Waals surface area contributed by atoms with Gasteiger partial charge in [-0.2, -0.15) is 0 Å². The van der Waals surface area contributed by atoms with Gasteiger partial charge in [-0.15, -0.1) is 0 Å². The normalized spacial score (nSPS) is 14.5. The Kier molecular flexibility index (Phi) is 36.1. The Morgan fingerprint density at radius 2 is 0.837 bits per heavy atom. The smallest absolute Gasteiger partial charge is 0.220 e. The molecule has 4 nitrogen and oxygen atoms in total. The third-order valence-electron chi connectivity index (χ3n) is 11.1. The number of amides is 1. The quantitative estimate of drug-likeness (QED) is 0.0497. The van der Waals surface area contributed by atoms with Crippen molar-refractivity contribution in [1.29, 1.82) is 0 Å². The molecule has 1 aliphatic rings. The molecule has 2 N–H and O–H groups in total. The number of nitrogens with one attached hydrogen (secondary N) is 2. The molecular formula is C45H90N3O+. The molecule has 0 aromatic heterocycles. The van der Waals surface area contributed by atoms with Crippen LogP contribution in [-0.2, 0) is 4.79 Å². The summed E-state index contributed by atoms with van der Waals surface area (Å²) in [6.07, 6.45) is 53.9. The van der Waals surface area contributed by atoms with E-state index in [4.69, 9.17) is 0 Å². The van der Waals surface area contributed by atoms with Crippen LogP contribution in [0.1, 0.15) is 251 Å². The predicted octanol–water partition coefficient (Wildman–Crippen LogP) is 13.6. The zero-order chi connectivity index (χ0) is 35.1. The maximum Gasteiger partial charge on any atom is 0.220 e. The topological polar surface area (TPSA) is 44.1 Å². The number of rotatable bonds is 40. The van der Waals surface area contributed by atoms with Gasteiger partial charge in [-0.1, -0.05) is 226 Å². The molecule has 0 radical (unpaired) electrons. The van der Waals surface area contributed by atoms with Gasteiger partial charge in [0, 0.05) is 12.8 Å². The lowest BCUT2D eigenvalue weighted by molar-refractivity contribution is -0.558. The largest absolute Gasteiger partial charge is 0.350 e. The van der Waals surface area contributed by atoms with Crippen molar-refractivity contribution < 1.29 is 9.37 Å². The first-order valence-electron chi connectivity index (χ1n) is 22.9. The Balaban J connectivity index is 1.81. The van der Waals surface area contributed by atoms with Crippen LogP contribution in [0.4, 0.5) is 0 Å². The van der Waals surface area contributed by atoms with E-state index in [1.54, 1.807) is 0 Å². The van der Waals surface area contributed by atoms with E-state index in [0.717, 1.165) is 26.1 Å². The van der Waals surface area contributed by atoms with E-state index in [-0.39, 0.29) is 5.91 Å². The van der Waals surface area contributed by atoms with E-state index in [1.807, 2.05) is 0 Å². The molecule has 0 aromatic rings. The van der Waals surface area contributed by atoms with E-state index >= 15 is 0 Å². The minimum atomic E-state index is 0.244. The Morgan fingerprint density at radius 3 is 1.20 bits per heavy atom. The van der Waals surface area contributed by atoms with E-state index in [9.17, 15) is 4.79 Å². The van der Waals surface area contributed by atoms with Crippen molar-refractivity contribution in [1.82, 2.24) is 10.6 Å². The molecule has 0 spiro atoms. The van der Waals surface area contributed by atoms with Crippen LogP contribution in [-0.4, -0.2) is 42.5 Å². The van der Waals surface area contributed by atoms with E-state index in [1.165, 1.54) is 225 Å². The highest BCUT2D eigenvalue weighted by Gasteiger charge is 2.24. The average molecular weight is 689 g/mol. The van der Waals surface area contributed by atoms with Gasteiger partial charge >= 0.3 is 0 Å². The van der Waals surface area contributed by atoms with Crippen molar-refractivity contribution in [2.24, 2.45) is 0 Å². The fourth-order valence-electron chi connectivity index (χ4n) is 7.73. The van der Waals surface area contributed by atoms with Crippen molar-refractivity contribution in [2.45, 2.75) is 258 Å². The predicted molar refractivity (Wildman–Crippen MR) is 218 cm³/mol. The zero-order valence-electron chi connectivity index (χ0n) is 33.8. The maximum absolute atomic E-state index is 12.4. The van der Waals surface area contributed by atoms with Crippen LogP contribution in [0.25, 0.3) is 0 Å². The lowest BCUT2D eigenvalue weighted by Gasteiger charge is -2.12. The monoisotopic (exact) mass is 689 g/mol. The molecule has 0 fully saturated rings. The summed E-state index contributed by atoms with van der Waals surface area (Å²) in [5, 5.41) is 6.83. The number of hydrogen-bond acceptors (Lipinski definition) is 2. The van der Waals surface area contributed by atoms with Crippen molar-refractivity contribution >= 4 is 12.1 Å². The summed E-state index contributed by atoms with van der Waals surface area (Å²) in [4.78, 5) is 12.4. The zero-order valence-corrected chi connectivity index (χ0v) is 33.8. The molecule has 1 rings (SSSR count). The summed E-state index contributed by atoms with van der Waals surface area (Å²) in [6.45, 7) is 7.27. The van der Waals surface area contributed by atoms with Gasteiger partial charge in [0.1, 0.15) is 0 Å². The number of nitrogens with zero attached hydrogens (tertiary/aromatic N) is 1. The lowest BCUT2D eigenvalue weighted by atomic mass is 10.0. The number of unbranched alkanes of at least 4 members (excludes halogenated alkanes) is 33. The first kappa shape index (κ1) is 46.1. The van der Waals surface area contributed by atoms with Crippen LogP contribution in [0.2, 0.25) is 0 Å². The minimum absolute atomic E-state index is 0.244. The Hall–Kier alpha value is -0.900. The highest BCUT2D eigenvalue weighted by molar-refractivity contribution is 5.75. The van der Waals surface area contributed by atoms with Crippen molar-refractivity contribution in [3.63, 3.8) is 0 Å². The summed E-state index contributed by atoms with van der Waals surface area (Å²) < 4.78 is 2.43. The van der Waals surface area contributed by atoms with E-state index in [2.05, 4.69) is 35.3 Å². The SMILES string of the molecule is CCCCCCCCCCCCCCCCCCCCC1NCC=[N+]1CCNC(=O)CCCCCCCCCCCCCCCCCCC. The Labute approximate surface area is 308 Å². The van der Waals surface area contributed by atoms with Crippen LogP contribution in [0.15, 0.2) is 0 Å². The van der Waals surface area contributed by atoms with Crippen molar-refractivity contribution in [3.05, 3.63) is 0 Å². The first-order chi connectivity index (χ1) is 24.3. The second-order valence-corrected chi connectivity index (χ2v) is 15.9. The van der Waals surface area contributed by atoms with Crippen molar-refractivity contribution in [2.75, 3.05) is 19.6 Å². The summed E-state index contributed by atoms with van der Waals surface area (Å²) in [5.74, 6) is 0.244. The highest BCUT2D eigenvalue weighted by Crippen LogP contribution is 2.16. The number of carbonyl (C=O) groups is 1. The van der Waals surface area contributed by atoms with Crippen LogP contribution >= 0.6 is 0 Å². The van der Waals surface area contributed by atoms with Gasteiger partial charge < -0.3 is 5.32 Å². The fraction of sp³-hybridized carbons (Fsp3) is 0.956. The van der Waals surface area contributed by atoms with Gasteiger partial charge in [-0.25, -0.2) is 9.89 Å². The molecule has 0 saturated heterocycles. The number of hydrogen-bond donors (Lipinski definition) is 2. The molecule has 0 aliphatic carbocycles. The molecule has 1 heterocycles. The molecule has 0 bridgehead atoms. The maximum atomic E-state index is 12.4. The van der Waals surface area contributed by atoms with Gasteiger partial charge in [-0.3, -0.25) is 4.79 Å². The highest BCUT2D eigenvalue weighted by atomic mass is 16.1. The van der Waals surface area contributed by atoms with Crippen LogP contribution in [0.3, 0.4) is 0 Å². The summed E-state index contributed by atoms with van der Waals surface area (Å²) in [6, 6.07) is 0. The third kappa shape index (κ3) is 32.7. The molecule has 4 heteroatoms. The second-order valence-electron chi connectivity index (χ2n) is 15.9. The first-order valence-corrected chi connectivity index (χ1v) is 22.9. The molecule has 0 saturated carbocycles. The molecule has 1 amide bonds. The lowest BCUT2D eigenvalue weighted by Crippen LogP contribution is -2.37.